The minimum absolute atomic E-state index is 0.252. The summed E-state index contributed by atoms with van der Waals surface area (Å²) in [5.41, 5.74) is 0.504. The van der Waals surface area contributed by atoms with Gasteiger partial charge in [-0.1, -0.05) is 0 Å². The van der Waals surface area contributed by atoms with Crippen molar-refractivity contribution in [1.82, 2.24) is 6.95 Å². The summed E-state index contributed by atoms with van der Waals surface area (Å²) in [6.07, 6.45) is 0. The Labute approximate surface area is 94.0 Å². The van der Waals surface area contributed by atoms with Crippen molar-refractivity contribution in [3.05, 3.63) is 0 Å². The van der Waals surface area contributed by atoms with Crippen molar-refractivity contribution >= 4 is 35.2 Å². The van der Waals surface area contributed by atoms with Crippen LogP contribution in [-0.2, 0) is 0 Å². The fourth-order valence-corrected chi connectivity index (χ4v) is 13.8. The topological polar surface area (TPSA) is 24.1 Å². The van der Waals surface area contributed by atoms with Crippen molar-refractivity contribution in [2.75, 3.05) is 0 Å². The Morgan fingerprint density at radius 3 is 1.25 bits per heavy atom. The molecule has 0 spiro atoms. The zero-order valence-electron chi connectivity index (χ0n) is 8.83. The average molecular weight is 393 g/mol. The van der Waals surface area contributed by atoms with Gasteiger partial charge in [0.15, 0.2) is 0 Å². The summed E-state index contributed by atoms with van der Waals surface area (Å²) in [5, 5.41) is 0. The molecule has 0 aromatic heterocycles. The van der Waals surface area contributed by atoms with E-state index in [9.17, 15) is 0 Å². The predicted molar refractivity (Wildman–Crippen MR) is 65.6 cm³/mol. The van der Waals surface area contributed by atoms with Gasteiger partial charge in [-0.05, 0) is 0 Å². The van der Waals surface area contributed by atoms with Crippen LogP contribution in [0.4, 0.5) is 0 Å². The number of halogens is 1. The van der Waals surface area contributed by atoms with Gasteiger partial charge >= 0.3 is 94.8 Å². The van der Waals surface area contributed by atoms with Gasteiger partial charge in [0.25, 0.3) is 0 Å². The van der Waals surface area contributed by atoms with Crippen LogP contribution in [-0.4, -0.2) is 27.8 Å². The molecule has 0 aliphatic heterocycles. The van der Waals surface area contributed by atoms with E-state index >= 15 is 0 Å². The van der Waals surface area contributed by atoms with Gasteiger partial charge in [0.05, 0.1) is 0 Å². The molecule has 2 nitrogen and oxygen atoms in total. The van der Waals surface area contributed by atoms with Crippen LogP contribution in [0.15, 0.2) is 0 Å². The molecule has 0 aliphatic carbocycles. The van der Waals surface area contributed by atoms with Crippen LogP contribution >= 0.6 is 18.5 Å². The predicted octanol–water partition coefficient (Wildman–Crippen LogP) is 2.18. The molecule has 0 rings (SSSR count). The number of rotatable bonds is 2. The van der Waals surface area contributed by atoms with Crippen LogP contribution in [0.25, 0.3) is 0 Å². The van der Waals surface area contributed by atoms with E-state index in [1.54, 1.807) is 0 Å². The van der Waals surface area contributed by atoms with Gasteiger partial charge in [0.1, 0.15) is 0 Å². The summed E-state index contributed by atoms with van der Waals surface area (Å²) in [7, 11) is 0. The second kappa shape index (κ2) is 4.81. The number of hydrogen-bond acceptors (Lipinski definition) is 2. The molecule has 0 aromatic carbocycles. The zero-order chi connectivity index (χ0) is 9.99. The second-order valence-corrected chi connectivity index (χ2v) is 14.4. The monoisotopic (exact) mass is 392 g/mol. The van der Waals surface area contributed by atoms with E-state index in [1.165, 1.54) is 0 Å². The molecule has 0 atom stereocenters. The van der Waals surface area contributed by atoms with Crippen LogP contribution in [0, 0.1) is 0 Å². The molecule has 0 saturated heterocycles. The van der Waals surface area contributed by atoms with Gasteiger partial charge in [-0.3, -0.25) is 0 Å². The fraction of sp³-hybridized carbons (Fsp3) is 1.00. The Balaban J connectivity index is 3.83. The van der Waals surface area contributed by atoms with Crippen molar-refractivity contribution in [3.63, 3.8) is 0 Å². The van der Waals surface area contributed by atoms with Crippen molar-refractivity contribution in [2.24, 2.45) is 0 Å². The van der Waals surface area contributed by atoms with Crippen LogP contribution in [0.2, 0.25) is 0 Å². The van der Waals surface area contributed by atoms with E-state index in [1.807, 2.05) is 0 Å². The Kier molecular flexibility index (Phi) is 5.40. The molecule has 0 radical (unpaired) electrons. The third kappa shape index (κ3) is 9.56. The Hall–Kier alpha value is 1.47. The first kappa shape index (κ1) is 13.5. The maximum atomic E-state index is 3.63. The molecule has 0 heterocycles. The van der Waals surface area contributed by atoms with Crippen LogP contribution < -0.4 is 6.95 Å². The quantitative estimate of drug-likeness (QED) is 0.556. The third-order valence-corrected chi connectivity index (χ3v) is 9.05. The van der Waals surface area contributed by atoms with Gasteiger partial charge in [-0.15, -0.1) is 0 Å². The molecular formula is C8H20IN2Sb. The minimum atomic E-state index is -1.40. The molecule has 0 bridgehead atoms. The Morgan fingerprint density at radius 2 is 1.08 bits per heavy atom. The van der Waals surface area contributed by atoms with Crippen molar-refractivity contribution < 1.29 is 0 Å². The summed E-state index contributed by atoms with van der Waals surface area (Å²) in [6.45, 7) is 13.3. The normalized spacial score (nSPS) is 14.0. The molecule has 0 fully saturated rings. The fourth-order valence-electron chi connectivity index (χ4n) is 0.617. The van der Waals surface area contributed by atoms with Gasteiger partial charge in [-0.25, -0.2) is 0 Å². The molecule has 12 heavy (non-hydrogen) atoms. The standard InChI is InChI=1S/2C4H10N.HI.Sb/c2*1-4(2,3)5;;/h2*5H,1-3H3;1H;/q2*-1;;+3/p-1. The summed E-state index contributed by atoms with van der Waals surface area (Å²) in [4.78, 5) is 0. The van der Waals surface area contributed by atoms with E-state index in [0.717, 1.165) is 0 Å². The van der Waals surface area contributed by atoms with Gasteiger partial charge < -0.3 is 0 Å². The molecule has 0 aliphatic rings. The molecular weight excluding hydrogens is 373 g/mol. The molecule has 4 heteroatoms. The van der Waals surface area contributed by atoms with Gasteiger partial charge in [-0.2, -0.15) is 0 Å². The third-order valence-electron chi connectivity index (χ3n) is 0.867. The first-order chi connectivity index (χ1) is 5.10. The Bertz CT molecular complexity index is 121. The van der Waals surface area contributed by atoms with E-state index < -0.39 is 16.7 Å². The van der Waals surface area contributed by atoms with Crippen LogP contribution in [0.5, 0.6) is 0 Å². The summed E-state index contributed by atoms with van der Waals surface area (Å²) >= 11 is 1.15. The van der Waals surface area contributed by atoms with Crippen molar-refractivity contribution in [1.29, 1.82) is 0 Å². The van der Waals surface area contributed by atoms with Crippen molar-refractivity contribution in [2.45, 2.75) is 52.6 Å². The number of nitrogens with one attached hydrogen (secondary N) is 2. The first-order valence-corrected chi connectivity index (χ1v) is 14.1. The van der Waals surface area contributed by atoms with E-state index in [4.69, 9.17) is 0 Å². The summed E-state index contributed by atoms with van der Waals surface area (Å²) in [6, 6.07) is 0. The maximum absolute atomic E-state index is 3.63. The summed E-state index contributed by atoms with van der Waals surface area (Å²) < 4.78 is 7.27. The zero-order valence-corrected chi connectivity index (χ0v) is 13.5. The van der Waals surface area contributed by atoms with Crippen LogP contribution in [0.3, 0.4) is 0 Å². The summed E-state index contributed by atoms with van der Waals surface area (Å²) in [5.74, 6) is 0. The van der Waals surface area contributed by atoms with E-state index in [-0.39, 0.29) is 11.1 Å². The molecule has 0 amide bonds. The van der Waals surface area contributed by atoms with Crippen molar-refractivity contribution in [3.8, 4) is 0 Å². The SMILES string of the molecule is CC(C)(C)[NH][Sb]([I])[NH]C(C)(C)C. The molecule has 2 N–H and O–H groups in total. The average Bonchev–Trinajstić information content (AvgIpc) is 1.49. The first-order valence-electron chi connectivity index (χ1n) is 4.12. The number of hydrogen-bond donors (Lipinski definition) is 2. The van der Waals surface area contributed by atoms with E-state index in [0.29, 0.717) is 0 Å². The van der Waals surface area contributed by atoms with Gasteiger partial charge in [0, 0.05) is 0 Å². The Morgan fingerprint density at radius 1 is 0.833 bits per heavy atom. The van der Waals surface area contributed by atoms with E-state index in [2.05, 4.69) is 67.0 Å². The molecule has 0 saturated carbocycles. The van der Waals surface area contributed by atoms with Crippen LogP contribution in [0.1, 0.15) is 41.5 Å². The molecule has 0 aromatic rings. The second-order valence-electron chi connectivity index (χ2n) is 5.00. The van der Waals surface area contributed by atoms with Gasteiger partial charge in [0.2, 0.25) is 0 Å². The molecule has 0 unspecified atom stereocenters. The molecule has 74 valence electrons.